The van der Waals surface area contributed by atoms with Crippen molar-refractivity contribution in [3.63, 3.8) is 0 Å². The average molecular weight is 351 g/mol. The largest absolute Gasteiger partial charge is 0.494 e. The van der Waals surface area contributed by atoms with E-state index in [0.717, 1.165) is 29.8 Å². The van der Waals surface area contributed by atoms with Gasteiger partial charge in [-0.1, -0.05) is 25.5 Å². The number of hydrogen-bond donors (Lipinski definition) is 1. The molecule has 1 heterocycles. The molecule has 0 aliphatic rings. The second-order valence-corrected chi connectivity index (χ2v) is 5.83. The van der Waals surface area contributed by atoms with Crippen LogP contribution in [0.3, 0.4) is 0 Å². The van der Waals surface area contributed by atoms with Crippen molar-refractivity contribution in [2.24, 2.45) is 0 Å². The minimum absolute atomic E-state index is 0.134. The summed E-state index contributed by atoms with van der Waals surface area (Å²) in [5.41, 5.74) is 2.37. The van der Waals surface area contributed by atoms with Crippen molar-refractivity contribution in [1.29, 1.82) is 0 Å². The average Bonchev–Trinajstić information content (AvgIpc) is 3.22. The molecular formula is C19H21N5O2. The molecule has 7 heteroatoms. The predicted octanol–water partition coefficient (Wildman–Crippen LogP) is 2.77. The van der Waals surface area contributed by atoms with E-state index in [1.165, 1.54) is 11.0 Å². The smallest absolute Gasteiger partial charge is 0.251 e. The first kappa shape index (κ1) is 17.6. The van der Waals surface area contributed by atoms with Gasteiger partial charge in [0.05, 0.1) is 12.3 Å². The summed E-state index contributed by atoms with van der Waals surface area (Å²) < 4.78 is 7.23. The molecule has 1 amide bonds. The van der Waals surface area contributed by atoms with Gasteiger partial charge in [-0.3, -0.25) is 4.79 Å². The monoisotopic (exact) mass is 351 g/mol. The van der Waals surface area contributed by atoms with Crippen molar-refractivity contribution in [2.45, 2.75) is 26.3 Å². The molecule has 0 saturated heterocycles. The van der Waals surface area contributed by atoms with Crippen molar-refractivity contribution in [3.8, 4) is 11.4 Å². The normalized spacial score (nSPS) is 10.5. The molecule has 1 aromatic heterocycles. The van der Waals surface area contributed by atoms with Crippen LogP contribution in [0, 0.1) is 0 Å². The summed E-state index contributed by atoms with van der Waals surface area (Å²) in [4.78, 5) is 12.3. The molecule has 0 radical (unpaired) electrons. The Morgan fingerprint density at radius 3 is 2.77 bits per heavy atom. The molecule has 0 unspecified atom stereocenters. The van der Waals surface area contributed by atoms with Gasteiger partial charge in [-0.2, -0.15) is 0 Å². The molecule has 0 fully saturated rings. The fourth-order valence-corrected chi connectivity index (χ4v) is 2.41. The van der Waals surface area contributed by atoms with E-state index in [0.29, 0.717) is 18.7 Å². The first-order valence-corrected chi connectivity index (χ1v) is 8.59. The Bertz CT molecular complexity index is 831. The number of ether oxygens (including phenoxy) is 1. The van der Waals surface area contributed by atoms with Crippen molar-refractivity contribution >= 4 is 5.91 Å². The highest BCUT2D eigenvalue weighted by Crippen LogP contribution is 2.14. The maximum atomic E-state index is 12.3. The zero-order valence-corrected chi connectivity index (χ0v) is 14.6. The van der Waals surface area contributed by atoms with Crippen LogP contribution in [0.25, 0.3) is 5.69 Å². The molecule has 26 heavy (non-hydrogen) atoms. The van der Waals surface area contributed by atoms with Gasteiger partial charge in [0.1, 0.15) is 12.1 Å². The number of benzene rings is 2. The van der Waals surface area contributed by atoms with E-state index in [4.69, 9.17) is 4.74 Å². The van der Waals surface area contributed by atoms with Crippen LogP contribution in [-0.4, -0.2) is 32.7 Å². The third-order valence-electron chi connectivity index (χ3n) is 3.86. The third kappa shape index (κ3) is 4.66. The molecule has 0 atom stereocenters. The molecule has 134 valence electrons. The van der Waals surface area contributed by atoms with E-state index in [2.05, 4.69) is 27.8 Å². The Balaban J connectivity index is 1.56. The zero-order chi connectivity index (χ0) is 18.2. The quantitative estimate of drug-likeness (QED) is 0.631. The van der Waals surface area contributed by atoms with Gasteiger partial charge in [-0.15, -0.1) is 5.10 Å². The second-order valence-electron chi connectivity index (χ2n) is 5.83. The minimum Gasteiger partial charge on any atom is -0.494 e. The molecule has 0 bridgehead atoms. The Hall–Kier alpha value is -3.22. The number of unbranched alkanes of at least 4 members (excludes halogenated alkanes) is 1. The highest BCUT2D eigenvalue weighted by Gasteiger charge is 2.07. The van der Waals surface area contributed by atoms with Gasteiger partial charge >= 0.3 is 0 Å². The van der Waals surface area contributed by atoms with Crippen LogP contribution >= 0.6 is 0 Å². The molecule has 1 N–H and O–H groups in total. The van der Waals surface area contributed by atoms with Crippen molar-refractivity contribution in [2.75, 3.05) is 6.61 Å². The number of nitrogens with zero attached hydrogens (tertiary/aromatic N) is 4. The molecule has 0 aliphatic carbocycles. The van der Waals surface area contributed by atoms with Gasteiger partial charge in [0.25, 0.3) is 5.91 Å². The van der Waals surface area contributed by atoms with Crippen LogP contribution in [0.2, 0.25) is 0 Å². The third-order valence-corrected chi connectivity index (χ3v) is 3.86. The van der Waals surface area contributed by atoms with E-state index in [9.17, 15) is 4.79 Å². The van der Waals surface area contributed by atoms with Gasteiger partial charge in [0, 0.05) is 12.1 Å². The second kappa shape index (κ2) is 8.75. The molecule has 0 aliphatic heterocycles. The van der Waals surface area contributed by atoms with Gasteiger partial charge < -0.3 is 10.1 Å². The summed E-state index contributed by atoms with van der Waals surface area (Å²) in [7, 11) is 0. The van der Waals surface area contributed by atoms with Crippen LogP contribution in [-0.2, 0) is 6.54 Å². The number of amides is 1. The zero-order valence-electron chi connectivity index (χ0n) is 14.6. The molecular weight excluding hydrogens is 330 g/mol. The van der Waals surface area contributed by atoms with Crippen LogP contribution in [0.4, 0.5) is 0 Å². The van der Waals surface area contributed by atoms with Gasteiger partial charge in [-0.25, -0.2) is 4.68 Å². The summed E-state index contributed by atoms with van der Waals surface area (Å²) in [6.07, 6.45) is 3.63. The standard InChI is InChI=1S/C19H21N5O2/c1-2-3-11-26-18-6-4-5-15(12-18)13-20-19(25)16-7-9-17(10-8-16)24-14-21-22-23-24/h4-10,12,14H,2-3,11,13H2,1H3,(H,20,25). The topological polar surface area (TPSA) is 81.9 Å². The van der Waals surface area contributed by atoms with E-state index in [1.807, 2.05) is 24.3 Å². The van der Waals surface area contributed by atoms with Gasteiger partial charge in [0.2, 0.25) is 0 Å². The lowest BCUT2D eigenvalue weighted by molar-refractivity contribution is 0.0951. The van der Waals surface area contributed by atoms with E-state index < -0.39 is 0 Å². The van der Waals surface area contributed by atoms with E-state index in [1.54, 1.807) is 24.3 Å². The number of carbonyl (C=O) groups excluding carboxylic acids is 1. The Kier molecular flexibility index (Phi) is 5.92. The number of rotatable bonds is 8. The molecule has 3 aromatic rings. The molecule has 3 rings (SSSR count). The maximum Gasteiger partial charge on any atom is 0.251 e. The molecule has 7 nitrogen and oxygen atoms in total. The van der Waals surface area contributed by atoms with Crippen molar-refractivity contribution < 1.29 is 9.53 Å². The number of tetrazole rings is 1. The summed E-state index contributed by atoms with van der Waals surface area (Å²) in [6.45, 7) is 3.28. The van der Waals surface area contributed by atoms with E-state index in [-0.39, 0.29) is 5.91 Å². The summed E-state index contributed by atoms with van der Waals surface area (Å²) in [6, 6.07) is 14.9. The Morgan fingerprint density at radius 2 is 2.04 bits per heavy atom. The lowest BCUT2D eigenvalue weighted by Gasteiger charge is -2.09. The SMILES string of the molecule is CCCCOc1cccc(CNC(=O)c2ccc(-n3cnnn3)cc2)c1. The van der Waals surface area contributed by atoms with E-state index >= 15 is 0 Å². The minimum atomic E-state index is -0.134. The summed E-state index contributed by atoms with van der Waals surface area (Å²) in [5.74, 6) is 0.696. The first-order chi connectivity index (χ1) is 12.8. The first-order valence-electron chi connectivity index (χ1n) is 8.59. The number of carbonyl (C=O) groups is 1. The maximum absolute atomic E-state index is 12.3. The molecule has 2 aromatic carbocycles. The highest BCUT2D eigenvalue weighted by molar-refractivity contribution is 5.94. The van der Waals surface area contributed by atoms with Gasteiger partial charge in [-0.05, 0) is 58.8 Å². The lowest BCUT2D eigenvalue weighted by Crippen LogP contribution is -2.22. The van der Waals surface area contributed by atoms with Gasteiger partial charge in [0.15, 0.2) is 0 Å². The molecule has 0 saturated carbocycles. The predicted molar refractivity (Wildman–Crippen MR) is 97.2 cm³/mol. The summed E-state index contributed by atoms with van der Waals surface area (Å²) in [5, 5.41) is 13.9. The number of hydrogen-bond acceptors (Lipinski definition) is 5. The summed E-state index contributed by atoms with van der Waals surface area (Å²) >= 11 is 0. The van der Waals surface area contributed by atoms with Crippen molar-refractivity contribution in [3.05, 3.63) is 66.0 Å². The molecule has 0 spiro atoms. The van der Waals surface area contributed by atoms with Crippen LogP contribution in [0.1, 0.15) is 35.7 Å². The highest BCUT2D eigenvalue weighted by atomic mass is 16.5. The van der Waals surface area contributed by atoms with Crippen LogP contribution in [0.5, 0.6) is 5.75 Å². The fourth-order valence-electron chi connectivity index (χ4n) is 2.41. The lowest BCUT2D eigenvalue weighted by atomic mass is 10.1. The Labute approximate surface area is 152 Å². The fraction of sp³-hybridized carbons (Fsp3) is 0.263. The number of aromatic nitrogens is 4. The number of nitrogens with one attached hydrogen (secondary N) is 1. The van der Waals surface area contributed by atoms with Crippen molar-refractivity contribution in [1.82, 2.24) is 25.5 Å². The van der Waals surface area contributed by atoms with Crippen LogP contribution < -0.4 is 10.1 Å². The Morgan fingerprint density at radius 1 is 1.19 bits per heavy atom. The van der Waals surface area contributed by atoms with Crippen LogP contribution in [0.15, 0.2) is 54.9 Å².